The van der Waals surface area contributed by atoms with E-state index < -0.39 is 0 Å². The van der Waals surface area contributed by atoms with Crippen molar-refractivity contribution in [1.29, 1.82) is 0 Å². The Morgan fingerprint density at radius 2 is 2.40 bits per heavy atom. The van der Waals surface area contributed by atoms with E-state index in [-0.39, 0.29) is 0 Å². The van der Waals surface area contributed by atoms with Crippen molar-refractivity contribution >= 4 is 11.3 Å². The summed E-state index contributed by atoms with van der Waals surface area (Å²) >= 11 is 1.85. The molecule has 1 aliphatic rings. The molecule has 1 saturated heterocycles. The van der Waals surface area contributed by atoms with E-state index in [1.165, 1.54) is 24.3 Å². The third-order valence-electron chi connectivity index (χ3n) is 3.38. The minimum absolute atomic E-state index is 0.709. The van der Waals surface area contributed by atoms with Crippen molar-refractivity contribution in [1.82, 2.24) is 4.90 Å². The highest BCUT2D eigenvalue weighted by atomic mass is 32.1. The highest BCUT2D eigenvalue weighted by Gasteiger charge is 2.24. The molecule has 2 heterocycles. The lowest BCUT2D eigenvalue weighted by atomic mass is 9.93. The maximum Gasteiger partial charge on any atom is 0.0330 e. The van der Waals surface area contributed by atoms with E-state index in [1.807, 2.05) is 11.3 Å². The third kappa shape index (κ3) is 2.80. The number of likely N-dealkylation sites (tertiary alicyclic amines) is 1. The number of nitrogens with two attached hydrogens (primary N) is 1. The second kappa shape index (κ2) is 5.10. The Morgan fingerprint density at radius 3 is 3.07 bits per heavy atom. The summed E-state index contributed by atoms with van der Waals surface area (Å²) in [6.45, 7) is 5.46. The summed E-state index contributed by atoms with van der Waals surface area (Å²) in [5.74, 6) is 0.709. The van der Waals surface area contributed by atoms with Gasteiger partial charge in [-0.25, -0.2) is 0 Å². The van der Waals surface area contributed by atoms with Crippen LogP contribution in [-0.4, -0.2) is 24.0 Å². The van der Waals surface area contributed by atoms with Gasteiger partial charge in [-0.15, -0.1) is 11.3 Å². The summed E-state index contributed by atoms with van der Waals surface area (Å²) < 4.78 is 0. The molecule has 2 unspecified atom stereocenters. The van der Waals surface area contributed by atoms with Gasteiger partial charge in [-0.3, -0.25) is 4.90 Å². The molecule has 1 aliphatic heterocycles. The minimum atomic E-state index is 0.709. The van der Waals surface area contributed by atoms with E-state index in [0.29, 0.717) is 5.92 Å². The average Bonchev–Trinajstić information content (AvgIpc) is 2.74. The molecule has 0 radical (unpaired) electrons. The Balaban J connectivity index is 1.94. The van der Waals surface area contributed by atoms with E-state index in [0.717, 1.165) is 19.1 Å². The van der Waals surface area contributed by atoms with Crippen molar-refractivity contribution in [3.05, 3.63) is 22.4 Å². The monoisotopic (exact) mass is 224 g/mol. The van der Waals surface area contributed by atoms with Crippen LogP contribution in [0.5, 0.6) is 0 Å². The molecule has 15 heavy (non-hydrogen) atoms. The zero-order valence-electron chi connectivity index (χ0n) is 9.36. The molecule has 3 heteroatoms. The number of piperidine rings is 1. The van der Waals surface area contributed by atoms with Gasteiger partial charge in [-0.05, 0) is 43.7 Å². The Labute approximate surface area is 96.1 Å². The molecular formula is C12H20N2S. The van der Waals surface area contributed by atoms with Gasteiger partial charge in [0, 0.05) is 24.0 Å². The largest absolute Gasteiger partial charge is 0.330 e. The topological polar surface area (TPSA) is 29.3 Å². The lowest BCUT2D eigenvalue weighted by molar-refractivity contribution is 0.114. The fourth-order valence-corrected chi connectivity index (χ4v) is 3.01. The van der Waals surface area contributed by atoms with Crippen LogP contribution in [0.25, 0.3) is 0 Å². The molecule has 2 rings (SSSR count). The van der Waals surface area contributed by atoms with Crippen molar-refractivity contribution in [3.8, 4) is 0 Å². The lowest BCUT2D eigenvalue weighted by Gasteiger charge is -2.37. The summed E-state index contributed by atoms with van der Waals surface area (Å²) in [6.07, 6.45) is 2.60. The Morgan fingerprint density at radius 1 is 1.53 bits per heavy atom. The molecule has 0 aliphatic carbocycles. The number of thiophene rings is 1. The number of hydrogen-bond donors (Lipinski definition) is 1. The standard InChI is InChI=1S/C12H20N2S/c1-10-4-5-11(7-13)8-14(10)9-12-3-2-6-15-12/h2-3,6,10-11H,4-5,7-9,13H2,1H3. The van der Waals surface area contributed by atoms with Gasteiger partial charge in [-0.2, -0.15) is 0 Å². The number of rotatable bonds is 3. The SMILES string of the molecule is CC1CCC(CN)CN1Cc1cccs1. The quantitative estimate of drug-likeness (QED) is 0.853. The van der Waals surface area contributed by atoms with Gasteiger partial charge in [-0.1, -0.05) is 6.07 Å². The molecule has 0 spiro atoms. The number of hydrogen-bond acceptors (Lipinski definition) is 3. The van der Waals surface area contributed by atoms with Crippen LogP contribution < -0.4 is 5.73 Å². The van der Waals surface area contributed by atoms with Crippen LogP contribution in [0.15, 0.2) is 17.5 Å². The Bertz CT molecular complexity index is 284. The molecule has 2 N–H and O–H groups in total. The molecule has 1 aromatic rings. The summed E-state index contributed by atoms with van der Waals surface area (Å²) in [6, 6.07) is 5.08. The van der Waals surface area contributed by atoms with Crippen molar-refractivity contribution in [2.45, 2.75) is 32.4 Å². The fraction of sp³-hybridized carbons (Fsp3) is 0.667. The fourth-order valence-electron chi connectivity index (χ4n) is 2.28. The summed E-state index contributed by atoms with van der Waals surface area (Å²) in [4.78, 5) is 4.05. The van der Waals surface area contributed by atoms with Crippen LogP contribution in [0.3, 0.4) is 0 Å². The van der Waals surface area contributed by atoms with Crippen LogP contribution in [0.2, 0.25) is 0 Å². The Hall–Kier alpha value is -0.380. The molecular weight excluding hydrogens is 204 g/mol. The van der Waals surface area contributed by atoms with Gasteiger partial charge in [0.15, 0.2) is 0 Å². The Kier molecular flexibility index (Phi) is 3.78. The molecule has 2 atom stereocenters. The van der Waals surface area contributed by atoms with E-state index in [9.17, 15) is 0 Å². The molecule has 0 amide bonds. The molecule has 0 aromatic carbocycles. The van der Waals surface area contributed by atoms with Crippen molar-refractivity contribution in [2.75, 3.05) is 13.1 Å². The zero-order valence-corrected chi connectivity index (χ0v) is 10.2. The van der Waals surface area contributed by atoms with Gasteiger partial charge in [0.2, 0.25) is 0 Å². The van der Waals surface area contributed by atoms with Crippen LogP contribution in [0.4, 0.5) is 0 Å². The van der Waals surface area contributed by atoms with Gasteiger partial charge in [0.05, 0.1) is 0 Å². The summed E-state index contributed by atoms with van der Waals surface area (Å²) in [7, 11) is 0. The maximum atomic E-state index is 5.76. The van der Waals surface area contributed by atoms with Crippen molar-refractivity contribution in [2.24, 2.45) is 11.7 Å². The first kappa shape index (κ1) is 11.1. The minimum Gasteiger partial charge on any atom is -0.330 e. The predicted molar refractivity (Wildman–Crippen MR) is 66.0 cm³/mol. The first-order valence-electron chi connectivity index (χ1n) is 5.76. The van der Waals surface area contributed by atoms with Crippen LogP contribution in [0, 0.1) is 5.92 Å². The molecule has 2 nitrogen and oxygen atoms in total. The van der Waals surface area contributed by atoms with E-state index in [4.69, 9.17) is 5.73 Å². The van der Waals surface area contributed by atoms with Gasteiger partial charge in [0.1, 0.15) is 0 Å². The van der Waals surface area contributed by atoms with Crippen LogP contribution in [0.1, 0.15) is 24.6 Å². The molecule has 1 aromatic heterocycles. The van der Waals surface area contributed by atoms with E-state index in [2.05, 4.69) is 29.3 Å². The molecule has 1 fully saturated rings. The van der Waals surface area contributed by atoms with Crippen molar-refractivity contribution in [3.63, 3.8) is 0 Å². The number of nitrogens with zero attached hydrogens (tertiary/aromatic N) is 1. The third-order valence-corrected chi connectivity index (χ3v) is 4.24. The smallest absolute Gasteiger partial charge is 0.0330 e. The summed E-state index contributed by atoms with van der Waals surface area (Å²) in [5.41, 5.74) is 5.76. The zero-order chi connectivity index (χ0) is 10.7. The van der Waals surface area contributed by atoms with Crippen LogP contribution in [-0.2, 0) is 6.54 Å². The molecule has 84 valence electrons. The normalized spacial score (nSPS) is 28.1. The van der Waals surface area contributed by atoms with Crippen molar-refractivity contribution < 1.29 is 0 Å². The lowest BCUT2D eigenvalue weighted by Crippen LogP contribution is -2.43. The summed E-state index contributed by atoms with van der Waals surface area (Å²) in [5, 5.41) is 2.16. The molecule has 0 saturated carbocycles. The van der Waals surface area contributed by atoms with E-state index in [1.54, 1.807) is 0 Å². The second-order valence-electron chi connectivity index (χ2n) is 4.54. The first-order chi connectivity index (χ1) is 7.29. The van der Waals surface area contributed by atoms with Crippen LogP contribution >= 0.6 is 11.3 Å². The van der Waals surface area contributed by atoms with E-state index >= 15 is 0 Å². The first-order valence-corrected chi connectivity index (χ1v) is 6.64. The second-order valence-corrected chi connectivity index (χ2v) is 5.57. The average molecular weight is 224 g/mol. The highest BCUT2D eigenvalue weighted by Crippen LogP contribution is 2.24. The van der Waals surface area contributed by atoms with Gasteiger partial charge >= 0.3 is 0 Å². The van der Waals surface area contributed by atoms with Gasteiger partial charge in [0.25, 0.3) is 0 Å². The molecule has 0 bridgehead atoms. The predicted octanol–water partition coefficient (Wildman–Crippen LogP) is 2.31. The highest BCUT2D eigenvalue weighted by molar-refractivity contribution is 7.09. The van der Waals surface area contributed by atoms with Gasteiger partial charge < -0.3 is 5.73 Å². The maximum absolute atomic E-state index is 5.76.